The molecule has 0 radical (unpaired) electrons. The van der Waals surface area contributed by atoms with Crippen molar-refractivity contribution in [2.24, 2.45) is 0 Å². The molecule has 14 heavy (non-hydrogen) atoms. The van der Waals surface area contributed by atoms with Gasteiger partial charge in [0.2, 0.25) is 5.78 Å². The summed E-state index contributed by atoms with van der Waals surface area (Å²) in [6.07, 6.45) is 2.98. The molecule has 2 heterocycles. The minimum absolute atomic E-state index is 0.0261. The number of nitrogens with zero attached hydrogens (tertiary/aromatic N) is 2. The van der Waals surface area contributed by atoms with Crippen LogP contribution in [0.2, 0.25) is 0 Å². The van der Waals surface area contributed by atoms with Gasteiger partial charge in [0.25, 0.3) is 0 Å². The molecule has 70 valence electrons. The first-order chi connectivity index (χ1) is 6.79. The third-order valence-electron chi connectivity index (χ3n) is 1.67. The Kier molecular flexibility index (Phi) is 2.69. The van der Waals surface area contributed by atoms with Crippen molar-refractivity contribution >= 4 is 33.0 Å². The van der Waals surface area contributed by atoms with Crippen LogP contribution in [0.4, 0.5) is 0 Å². The molecule has 2 rings (SSSR count). The Morgan fingerprint density at radius 1 is 1.36 bits per heavy atom. The molecule has 0 aliphatic rings. The molecule has 0 N–H and O–H groups in total. The summed E-state index contributed by atoms with van der Waals surface area (Å²) in [7, 11) is 0. The van der Waals surface area contributed by atoms with Gasteiger partial charge in [-0.05, 0) is 33.4 Å². The smallest absolute Gasteiger partial charge is 0.205 e. The minimum Gasteiger partial charge on any atom is -0.288 e. The van der Waals surface area contributed by atoms with Crippen molar-refractivity contribution in [3.63, 3.8) is 0 Å². The second-order valence-corrected chi connectivity index (χ2v) is 4.33. The predicted octanol–water partition coefficient (Wildman–Crippen LogP) is 2.53. The van der Waals surface area contributed by atoms with Gasteiger partial charge in [0.15, 0.2) is 0 Å². The Hall–Kier alpha value is -1.07. The molecule has 0 saturated heterocycles. The van der Waals surface area contributed by atoms with Crippen LogP contribution < -0.4 is 0 Å². The zero-order chi connectivity index (χ0) is 9.97. The fourth-order valence-corrected chi connectivity index (χ4v) is 2.53. The van der Waals surface area contributed by atoms with Gasteiger partial charge in [-0.15, -0.1) is 11.3 Å². The van der Waals surface area contributed by atoms with Crippen molar-refractivity contribution in [2.45, 2.75) is 0 Å². The Bertz CT molecular complexity index is 455. The summed E-state index contributed by atoms with van der Waals surface area (Å²) in [5.41, 5.74) is 0.558. The van der Waals surface area contributed by atoms with Gasteiger partial charge < -0.3 is 0 Å². The highest BCUT2D eigenvalue weighted by atomic mass is 79.9. The van der Waals surface area contributed by atoms with E-state index in [0.29, 0.717) is 10.4 Å². The van der Waals surface area contributed by atoms with Crippen LogP contribution in [-0.2, 0) is 0 Å². The molecule has 0 aliphatic heterocycles. The largest absolute Gasteiger partial charge is 0.288 e. The van der Waals surface area contributed by atoms with Crippen LogP contribution in [0.1, 0.15) is 15.2 Å². The van der Waals surface area contributed by atoms with Gasteiger partial charge in [-0.3, -0.25) is 4.79 Å². The van der Waals surface area contributed by atoms with Crippen LogP contribution in [0.3, 0.4) is 0 Å². The molecule has 0 amide bonds. The Morgan fingerprint density at radius 2 is 2.21 bits per heavy atom. The summed E-state index contributed by atoms with van der Waals surface area (Å²) in [5, 5.41) is 9.15. The van der Waals surface area contributed by atoms with Crippen LogP contribution in [0.5, 0.6) is 0 Å². The topological polar surface area (TPSA) is 42.9 Å². The molecule has 0 fully saturated rings. The van der Waals surface area contributed by atoms with E-state index in [-0.39, 0.29) is 5.78 Å². The zero-order valence-electron chi connectivity index (χ0n) is 6.98. The van der Waals surface area contributed by atoms with E-state index < -0.39 is 0 Å². The molecule has 0 spiro atoms. The monoisotopic (exact) mass is 268 g/mol. The van der Waals surface area contributed by atoms with Crippen LogP contribution >= 0.6 is 27.3 Å². The molecule has 0 bridgehead atoms. The van der Waals surface area contributed by atoms with Crippen molar-refractivity contribution in [1.82, 2.24) is 10.2 Å². The highest BCUT2D eigenvalue weighted by Crippen LogP contribution is 2.24. The molecule has 2 aromatic rings. The van der Waals surface area contributed by atoms with Crippen LogP contribution in [0, 0.1) is 0 Å². The van der Waals surface area contributed by atoms with Gasteiger partial charge in [0.05, 0.1) is 17.3 Å². The maximum absolute atomic E-state index is 11.8. The van der Waals surface area contributed by atoms with E-state index in [1.807, 2.05) is 11.4 Å². The molecular weight excluding hydrogens is 264 g/mol. The lowest BCUT2D eigenvalue weighted by molar-refractivity contribution is 0.104. The van der Waals surface area contributed by atoms with E-state index >= 15 is 0 Å². The first-order valence-corrected chi connectivity index (χ1v) is 5.50. The number of hydrogen-bond acceptors (Lipinski definition) is 4. The molecule has 0 unspecified atom stereocenters. The third kappa shape index (κ3) is 1.73. The normalized spacial score (nSPS) is 10.1. The van der Waals surface area contributed by atoms with E-state index in [9.17, 15) is 4.79 Å². The number of thiophene rings is 1. The standard InChI is InChI=1S/C9H5BrN2OS/c10-7-2-4-14-9(7)8(13)6-1-3-11-12-5-6/h1-5H. The highest BCUT2D eigenvalue weighted by Gasteiger charge is 2.13. The number of carbonyl (C=O) groups is 1. The summed E-state index contributed by atoms with van der Waals surface area (Å²) < 4.78 is 0.823. The van der Waals surface area contributed by atoms with E-state index in [4.69, 9.17) is 0 Å². The molecule has 0 aliphatic carbocycles. The lowest BCUT2D eigenvalue weighted by Gasteiger charge is -1.96. The first-order valence-electron chi connectivity index (χ1n) is 3.83. The van der Waals surface area contributed by atoms with Gasteiger partial charge in [-0.2, -0.15) is 10.2 Å². The van der Waals surface area contributed by atoms with Gasteiger partial charge in [-0.25, -0.2) is 0 Å². The Morgan fingerprint density at radius 3 is 2.79 bits per heavy atom. The molecule has 5 heteroatoms. The fraction of sp³-hybridized carbons (Fsp3) is 0. The summed E-state index contributed by atoms with van der Waals surface area (Å²) in [5.74, 6) is -0.0261. The molecular formula is C9H5BrN2OS. The van der Waals surface area contributed by atoms with Crippen LogP contribution in [-0.4, -0.2) is 16.0 Å². The fourth-order valence-electron chi connectivity index (χ4n) is 1.01. The number of aromatic nitrogens is 2. The summed E-state index contributed by atoms with van der Waals surface area (Å²) in [6.45, 7) is 0. The number of hydrogen-bond donors (Lipinski definition) is 0. The quantitative estimate of drug-likeness (QED) is 0.787. The second kappa shape index (κ2) is 3.98. The lowest BCUT2D eigenvalue weighted by Crippen LogP contribution is -2.00. The van der Waals surface area contributed by atoms with Gasteiger partial charge in [0, 0.05) is 10.0 Å². The highest BCUT2D eigenvalue weighted by molar-refractivity contribution is 9.10. The lowest BCUT2D eigenvalue weighted by atomic mass is 10.2. The summed E-state index contributed by atoms with van der Waals surface area (Å²) in [6, 6.07) is 3.51. The van der Waals surface area contributed by atoms with Crippen LogP contribution in [0.15, 0.2) is 34.4 Å². The second-order valence-electron chi connectivity index (χ2n) is 2.56. The predicted molar refractivity (Wildman–Crippen MR) is 57.5 cm³/mol. The Balaban J connectivity index is 2.39. The average molecular weight is 269 g/mol. The number of carbonyl (C=O) groups excluding carboxylic acids is 1. The molecule has 0 aromatic carbocycles. The molecule has 2 aromatic heterocycles. The Labute approximate surface area is 92.9 Å². The summed E-state index contributed by atoms with van der Waals surface area (Å²) in [4.78, 5) is 12.5. The van der Waals surface area contributed by atoms with Crippen LogP contribution in [0.25, 0.3) is 0 Å². The summed E-state index contributed by atoms with van der Waals surface area (Å²) >= 11 is 4.73. The van der Waals surface area contributed by atoms with E-state index in [1.54, 1.807) is 6.07 Å². The van der Waals surface area contributed by atoms with E-state index in [0.717, 1.165) is 4.47 Å². The van der Waals surface area contributed by atoms with Gasteiger partial charge in [-0.1, -0.05) is 0 Å². The maximum Gasteiger partial charge on any atom is 0.205 e. The third-order valence-corrected chi connectivity index (χ3v) is 3.51. The molecule has 3 nitrogen and oxygen atoms in total. The SMILES string of the molecule is O=C(c1ccnnc1)c1sccc1Br. The van der Waals surface area contributed by atoms with Crippen molar-refractivity contribution < 1.29 is 4.79 Å². The zero-order valence-corrected chi connectivity index (χ0v) is 9.38. The number of rotatable bonds is 2. The molecule has 0 atom stereocenters. The first kappa shape index (κ1) is 9.48. The average Bonchev–Trinajstić information content (AvgIpc) is 2.65. The van der Waals surface area contributed by atoms with Gasteiger partial charge >= 0.3 is 0 Å². The van der Waals surface area contributed by atoms with Crippen molar-refractivity contribution in [1.29, 1.82) is 0 Å². The van der Waals surface area contributed by atoms with Crippen molar-refractivity contribution in [3.8, 4) is 0 Å². The number of halogens is 1. The van der Waals surface area contributed by atoms with Gasteiger partial charge in [0.1, 0.15) is 0 Å². The molecule has 0 saturated carbocycles. The van der Waals surface area contributed by atoms with Crippen molar-refractivity contribution in [3.05, 3.63) is 44.8 Å². The number of ketones is 1. The minimum atomic E-state index is -0.0261. The van der Waals surface area contributed by atoms with Crippen molar-refractivity contribution in [2.75, 3.05) is 0 Å². The van der Waals surface area contributed by atoms with E-state index in [2.05, 4.69) is 26.1 Å². The van der Waals surface area contributed by atoms with E-state index in [1.165, 1.54) is 23.7 Å². The maximum atomic E-state index is 11.8.